The molecule has 0 N–H and O–H groups in total. The van der Waals surface area contributed by atoms with E-state index in [0.29, 0.717) is 29.3 Å². The Labute approximate surface area is 245 Å². The van der Waals surface area contributed by atoms with Crippen LogP contribution in [0.3, 0.4) is 0 Å². The Balaban J connectivity index is 1.80. The molecule has 0 radical (unpaired) electrons. The quantitative estimate of drug-likeness (QED) is 0.298. The molecular formula is C30H33F4N5O2S. The topological polar surface area (TPSA) is 61.7 Å². The predicted molar refractivity (Wildman–Crippen MR) is 157 cm³/mol. The summed E-state index contributed by atoms with van der Waals surface area (Å²) in [5.41, 5.74) is -0.868. The summed E-state index contributed by atoms with van der Waals surface area (Å²) in [6.07, 6.45) is -3.49. The standard InChI is InChI=1S/C30H33F4N5O2S/c1-6-24(40)39-17(2)12-37(13-18(39)3)28-22-11-23(30(32,33)34)25(20-7-9-21(31)10-8-20)27-26(22)38(29(41)35-28)15-19(16-42-27)14-36(4)5/h6-11,17-19H,1,12-16H2,2-5H3/t17-,18+,19-/m1/s1. The third-order valence-corrected chi connectivity index (χ3v) is 9.14. The summed E-state index contributed by atoms with van der Waals surface area (Å²) in [6.45, 7) is 8.76. The highest BCUT2D eigenvalue weighted by Crippen LogP contribution is 2.48. The number of alkyl halides is 3. The van der Waals surface area contributed by atoms with E-state index in [1.54, 1.807) is 9.80 Å². The van der Waals surface area contributed by atoms with Crippen LogP contribution >= 0.6 is 11.8 Å². The van der Waals surface area contributed by atoms with Gasteiger partial charge in [0.15, 0.2) is 0 Å². The van der Waals surface area contributed by atoms with Crippen LogP contribution in [0.1, 0.15) is 19.4 Å². The summed E-state index contributed by atoms with van der Waals surface area (Å²) in [4.78, 5) is 36.4. The Kier molecular flexibility index (Phi) is 8.14. The van der Waals surface area contributed by atoms with Gasteiger partial charge in [-0.25, -0.2) is 9.18 Å². The number of aromatic nitrogens is 2. The fourth-order valence-electron chi connectivity index (χ4n) is 6.25. The van der Waals surface area contributed by atoms with E-state index >= 15 is 0 Å². The van der Waals surface area contributed by atoms with Crippen molar-refractivity contribution >= 4 is 34.4 Å². The first-order valence-electron chi connectivity index (χ1n) is 13.7. The van der Waals surface area contributed by atoms with Gasteiger partial charge in [-0.3, -0.25) is 9.36 Å². The number of benzene rings is 2. The zero-order chi connectivity index (χ0) is 30.5. The van der Waals surface area contributed by atoms with Crippen LogP contribution in [-0.2, 0) is 17.5 Å². The predicted octanol–water partition coefficient (Wildman–Crippen LogP) is 5.12. The minimum absolute atomic E-state index is 0.0325. The van der Waals surface area contributed by atoms with Gasteiger partial charge in [-0.2, -0.15) is 18.2 Å². The van der Waals surface area contributed by atoms with Crippen molar-refractivity contribution in [3.63, 3.8) is 0 Å². The second-order valence-corrected chi connectivity index (χ2v) is 12.4. The molecule has 2 aliphatic heterocycles. The highest BCUT2D eigenvalue weighted by molar-refractivity contribution is 7.99. The maximum Gasteiger partial charge on any atom is 0.417 e. The third-order valence-electron chi connectivity index (χ3n) is 7.81. The van der Waals surface area contributed by atoms with Gasteiger partial charge in [0.2, 0.25) is 5.91 Å². The molecule has 5 rings (SSSR count). The molecule has 3 aromatic rings. The summed E-state index contributed by atoms with van der Waals surface area (Å²) in [7, 11) is 3.82. The number of carbonyl (C=O) groups is 1. The van der Waals surface area contributed by atoms with E-state index in [-0.39, 0.29) is 59.3 Å². The van der Waals surface area contributed by atoms with E-state index in [2.05, 4.69) is 11.6 Å². The highest BCUT2D eigenvalue weighted by atomic mass is 32.2. The molecule has 0 bridgehead atoms. The molecule has 3 atom stereocenters. The number of nitrogens with zero attached hydrogens (tertiary/aromatic N) is 5. The summed E-state index contributed by atoms with van der Waals surface area (Å²) < 4.78 is 59.8. The number of amides is 1. The SMILES string of the molecule is C=CC(=O)N1[C@H](C)CN(c2nc(=O)n3c4c(c(-c5ccc(F)cc5)c(C(F)(F)F)cc24)SC[C@H](CN(C)C)C3)C[C@@H]1C. The van der Waals surface area contributed by atoms with Crippen LogP contribution in [-0.4, -0.2) is 76.8 Å². The second kappa shape index (κ2) is 11.4. The van der Waals surface area contributed by atoms with Gasteiger partial charge in [0.05, 0.1) is 11.1 Å². The molecule has 12 heteroatoms. The molecule has 3 heterocycles. The lowest BCUT2D eigenvalue weighted by Crippen LogP contribution is -2.58. The number of thioether (sulfide) groups is 1. The number of halogens is 4. The summed E-state index contributed by atoms with van der Waals surface area (Å²) in [5.74, 6) is -0.175. The molecule has 7 nitrogen and oxygen atoms in total. The molecule has 1 fully saturated rings. The Morgan fingerprint density at radius 1 is 1.14 bits per heavy atom. The van der Waals surface area contributed by atoms with Crippen molar-refractivity contribution in [2.24, 2.45) is 5.92 Å². The first-order valence-corrected chi connectivity index (χ1v) is 14.7. The first-order chi connectivity index (χ1) is 19.8. The maximum atomic E-state index is 14.8. The fourth-order valence-corrected chi connectivity index (χ4v) is 7.59. The second-order valence-electron chi connectivity index (χ2n) is 11.3. The number of hydrogen-bond donors (Lipinski definition) is 0. The van der Waals surface area contributed by atoms with E-state index in [0.717, 1.165) is 18.2 Å². The fraction of sp³-hybridized carbons (Fsp3) is 0.433. The molecule has 1 aromatic heterocycles. The summed E-state index contributed by atoms with van der Waals surface area (Å²) in [6, 6.07) is 5.45. The normalized spacial score (nSPS) is 21.1. The lowest BCUT2D eigenvalue weighted by Gasteiger charge is -2.44. The molecule has 42 heavy (non-hydrogen) atoms. The Morgan fingerprint density at radius 3 is 2.36 bits per heavy atom. The Morgan fingerprint density at radius 2 is 1.79 bits per heavy atom. The van der Waals surface area contributed by atoms with Crippen LogP contribution in [0.2, 0.25) is 0 Å². The van der Waals surface area contributed by atoms with Crippen molar-refractivity contribution < 1.29 is 22.4 Å². The zero-order valence-corrected chi connectivity index (χ0v) is 24.7. The largest absolute Gasteiger partial charge is 0.417 e. The average molecular weight is 604 g/mol. The van der Waals surface area contributed by atoms with E-state index in [1.165, 1.54) is 34.5 Å². The number of anilines is 1. The van der Waals surface area contributed by atoms with E-state index in [1.807, 2.05) is 32.8 Å². The van der Waals surface area contributed by atoms with Crippen molar-refractivity contribution in [1.82, 2.24) is 19.4 Å². The zero-order valence-electron chi connectivity index (χ0n) is 23.9. The van der Waals surface area contributed by atoms with Crippen LogP contribution in [0, 0.1) is 11.7 Å². The van der Waals surface area contributed by atoms with Crippen LogP contribution in [0.5, 0.6) is 0 Å². The lowest BCUT2D eigenvalue weighted by atomic mass is 9.96. The monoisotopic (exact) mass is 603 g/mol. The van der Waals surface area contributed by atoms with Crippen molar-refractivity contribution in [2.75, 3.05) is 44.4 Å². The van der Waals surface area contributed by atoms with Gasteiger partial charge in [-0.05, 0) is 63.7 Å². The Hall–Kier alpha value is -3.38. The van der Waals surface area contributed by atoms with Gasteiger partial charge in [-0.1, -0.05) is 18.7 Å². The van der Waals surface area contributed by atoms with E-state index in [4.69, 9.17) is 0 Å². The van der Waals surface area contributed by atoms with Crippen molar-refractivity contribution in [2.45, 2.75) is 43.5 Å². The number of hydrogen-bond acceptors (Lipinski definition) is 6. The van der Waals surface area contributed by atoms with Crippen LogP contribution in [0.25, 0.3) is 22.0 Å². The minimum Gasteiger partial charge on any atom is -0.352 e. The number of piperazine rings is 1. The van der Waals surface area contributed by atoms with Gasteiger partial charge in [0.1, 0.15) is 11.6 Å². The van der Waals surface area contributed by atoms with E-state index < -0.39 is 23.2 Å². The van der Waals surface area contributed by atoms with Crippen molar-refractivity contribution in [1.29, 1.82) is 0 Å². The van der Waals surface area contributed by atoms with Crippen molar-refractivity contribution in [3.05, 3.63) is 64.9 Å². The molecule has 224 valence electrons. The molecule has 2 aliphatic rings. The van der Waals surface area contributed by atoms with Gasteiger partial charge >= 0.3 is 11.9 Å². The molecule has 0 spiro atoms. The molecular weight excluding hydrogens is 570 g/mol. The summed E-state index contributed by atoms with van der Waals surface area (Å²) >= 11 is 1.29. The molecule has 0 saturated carbocycles. The minimum atomic E-state index is -4.74. The lowest BCUT2D eigenvalue weighted by molar-refractivity contribution is -0.137. The maximum absolute atomic E-state index is 14.8. The molecule has 0 aliphatic carbocycles. The van der Waals surface area contributed by atoms with Crippen LogP contribution in [0.15, 0.2) is 52.7 Å². The van der Waals surface area contributed by atoms with Crippen LogP contribution in [0.4, 0.5) is 23.4 Å². The van der Waals surface area contributed by atoms with Gasteiger partial charge in [-0.15, -0.1) is 11.8 Å². The number of carbonyl (C=O) groups excluding carboxylic acids is 1. The number of rotatable bonds is 5. The Bertz CT molecular complexity index is 1580. The van der Waals surface area contributed by atoms with Gasteiger partial charge in [0, 0.05) is 59.9 Å². The van der Waals surface area contributed by atoms with E-state index in [9.17, 15) is 27.2 Å². The highest BCUT2D eigenvalue weighted by Gasteiger charge is 2.39. The van der Waals surface area contributed by atoms with Crippen molar-refractivity contribution in [3.8, 4) is 11.1 Å². The third kappa shape index (κ3) is 5.54. The molecule has 1 saturated heterocycles. The van der Waals surface area contributed by atoms with Crippen LogP contribution < -0.4 is 10.6 Å². The van der Waals surface area contributed by atoms with Gasteiger partial charge < -0.3 is 14.7 Å². The smallest absolute Gasteiger partial charge is 0.352 e. The van der Waals surface area contributed by atoms with Gasteiger partial charge in [0.25, 0.3) is 0 Å². The first kappa shape index (κ1) is 30.1. The molecule has 0 unspecified atom stereocenters. The average Bonchev–Trinajstić information content (AvgIpc) is 3.10. The molecule has 2 aromatic carbocycles. The molecule has 1 amide bonds. The summed E-state index contributed by atoms with van der Waals surface area (Å²) in [5, 5.41) is 0.226.